The van der Waals surface area contributed by atoms with Gasteiger partial charge < -0.3 is 15.8 Å². The smallest absolute Gasteiger partial charge is 0.327 e. The molecule has 1 saturated carbocycles. The van der Waals surface area contributed by atoms with Gasteiger partial charge in [-0.3, -0.25) is 4.79 Å². The Morgan fingerprint density at radius 2 is 1.92 bits per heavy atom. The molecule has 1 aromatic heterocycles. The first-order valence-corrected chi connectivity index (χ1v) is 8.72. The molecule has 0 aliphatic heterocycles. The van der Waals surface area contributed by atoms with Gasteiger partial charge in [0.25, 0.3) is 6.02 Å². The lowest BCUT2D eigenvalue weighted by atomic mass is 9.97. The minimum Gasteiger partial charge on any atom is -0.392 e. The van der Waals surface area contributed by atoms with Gasteiger partial charge in [-0.1, -0.05) is 32.1 Å². The van der Waals surface area contributed by atoms with E-state index in [2.05, 4.69) is 20.6 Å². The average molecular weight is 345 g/mol. The predicted octanol–water partition coefficient (Wildman–Crippen LogP) is 2.61. The molecule has 1 aliphatic carbocycles. The molecule has 1 heterocycles. The van der Waals surface area contributed by atoms with Crippen molar-refractivity contribution in [2.45, 2.75) is 51.0 Å². The van der Waals surface area contributed by atoms with Crippen LogP contribution >= 0.6 is 0 Å². The van der Waals surface area contributed by atoms with E-state index < -0.39 is 5.97 Å². The maximum absolute atomic E-state index is 11.6. The van der Waals surface area contributed by atoms with Gasteiger partial charge in [0.2, 0.25) is 0 Å². The van der Waals surface area contributed by atoms with Crippen LogP contribution in [-0.4, -0.2) is 34.9 Å². The normalized spacial score (nSPS) is 17.1. The molecule has 8 nitrogen and oxygen atoms in total. The molecule has 134 valence electrons. The van der Waals surface area contributed by atoms with Crippen LogP contribution in [0.15, 0.2) is 27.8 Å². The second kappa shape index (κ2) is 8.57. The highest BCUT2D eigenvalue weighted by Gasteiger charge is 2.15. The topological polar surface area (TPSA) is 116 Å². The zero-order valence-corrected chi connectivity index (χ0v) is 14.1. The highest BCUT2D eigenvalue weighted by molar-refractivity contribution is 5.97. The molecule has 1 aromatic carbocycles. The molecule has 25 heavy (non-hydrogen) atoms. The average Bonchev–Trinajstić information content (AvgIpc) is 3.04. The zero-order valence-electron chi connectivity index (χ0n) is 14.1. The fourth-order valence-corrected chi connectivity index (χ4v) is 2.95. The third-order valence-electron chi connectivity index (χ3n) is 4.26. The summed E-state index contributed by atoms with van der Waals surface area (Å²) in [5.74, 6) is -0.527. The lowest BCUT2D eigenvalue weighted by Crippen LogP contribution is -2.27. The van der Waals surface area contributed by atoms with Gasteiger partial charge in [0.1, 0.15) is 11.0 Å². The summed E-state index contributed by atoms with van der Waals surface area (Å²) in [5, 5.41) is 10.6. The standard InChI is InChI=1S/C17H23N5O3/c18-11-16(23)24-17(19-12-6-4-2-1-3-5-7-12)20-13-8-9-14-15(10-13)22-25-21-14/h8-10,12H,1-7,11,18H2,(H,19,20). The van der Waals surface area contributed by atoms with Gasteiger partial charge in [0, 0.05) is 5.69 Å². The molecule has 0 spiro atoms. The maximum atomic E-state index is 11.6. The van der Waals surface area contributed by atoms with Crippen LogP contribution in [0, 0.1) is 0 Å². The highest BCUT2D eigenvalue weighted by atomic mass is 16.6. The van der Waals surface area contributed by atoms with Gasteiger partial charge in [0.15, 0.2) is 0 Å². The second-order valence-corrected chi connectivity index (χ2v) is 6.20. The van der Waals surface area contributed by atoms with Crippen molar-refractivity contribution in [2.24, 2.45) is 10.7 Å². The van der Waals surface area contributed by atoms with Crippen LogP contribution in [0.2, 0.25) is 0 Å². The molecule has 1 fully saturated rings. The Hall–Kier alpha value is -2.48. The number of esters is 1. The van der Waals surface area contributed by atoms with Gasteiger partial charge in [-0.05, 0) is 41.4 Å². The molecule has 3 rings (SSSR count). The monoisotopic (exact) mass is 345 g/mol. The van der Waals surface area contributed by atoms with Crippen LogP contribution in [0.25, 0.3) is 11.0 Å². The Kier molecular flexibility index (Phi) is 5.95. The van der Waals surface area contributed by atoms with Gasteiger partial charge in [-0.25, -0.2) is 9.62 Å². The van der Waals surface area contributed by atoms with Crippen molar-refractivity contribution in [3.8, 4) is 0 Å². The number of aliphatic imine (C=N–C) groups is 1. The molecule has 0 radical (unpaired) electrons. The minimum atomic E-state index is -0.527. The molecule has 1 aliphatic rings. The first kappa shape index (κ1) is 17.3. The van der Waals surface area contributed by atoms with Crippen molar-refractivity contribution in [3.05, 3.63) is 18.2 Å². The number of rotatable bonds is 3. The van der Waals surface area contributed by atoms with Crippen molar-refractivity contribution in [3.63, 3.8) is 0 Å². The summed E-state index contributed by atoms with van der Waals surface area (Å²) >= 11 is 0. The van der Waals surface area contributed by atoms with E-state index in [4.69, 9.17) is 15.1 Å². The number of benzene rings is 1. The number of ether oxygens (including phenoxy) is 1. The van der Waals surface area contributed by atoms with E-state index in [0.717, 1.165) is 25.7 Å². The Bertz CT molecular complexity index is 735. The molecule has 0 amide bonds. The van der Waals surface area contributed by atoms with Crippen LogP contribution in [0.5, 0.6) is 0 Å². The highest BCUT2D eigenvalue weighted by Crippen LogP contribution is 2.21. The van der Waals surface area contributed by atoms with Crippen molar-refractivity contribution in [1.82, 2.24) is 10.3 Å². The fraction of sp³-hybridized carbons (Fsp3) is 0.529. The zero-order chi connectivity index (χ0) is 17.5. The number of aromatic nitrogens is 2. The second-order valence-electron chi connectivity index (χ2n) is 6.20. The Morgan fingerprint density at radius 1 is 1.20 bits per heavy atom. The van der Waals surface area contributed by atoms with Gasteiger partial charge in [-0.2, -0.15) is 0 Å². The number of nitrogens with one attached hydrogen (secondary N) is 1. The van der Waals surface area contributed by atoms with Crippen LogP contribution in [-0.2, 0) is 9.53 Å². The number of hydrogen-bond donors (Lipinski definition) is 2. The van der Waals surface area contributed by atoms with Crippen LogP contribution in [0.3, 0.4) is 0 Å². The van der Waals surface area contributed by atoms with Crippen LogP contribution in [0.4, 0.5) is 5.69 Å². The van der Waals surface area contributed by atoms with Crippen LogP contribution < -0.4 is 11.1 Å². The lowest BCUT2D eigenvalue weighted by molar-refractivity contribution is -0.133. The molecule has 0 atom stereocenters. The molecule has 8 heteroatoms. The summed E-state index contributed by atoms with van der Waals surface area (Å²) in [6.07, 6.45) is 8.02. The largest absolute Gasteiger partial charge is 0.392 e. The molecule has 0 saturated heterocycles. The number of carbonyl (C=O) groups excluding carboxylic acids is 1. The van der Waals surface area contributed by atoms with Crippen molar-refractivity contribution in [2.75, 3.05) is 11.9 Å². The summed E-state index contributed by atoms with van der Waals surface area (Å²) in [7, 11) is 0. The van der Waals surface area contributed by atoms with Crippen molar-refractivity contribution in [1.29, 1.82) is 0 Å². The number of fused-ring (bicyclic) bond motifs is 1. The van der Waals surface area contributed by atoms with Gasteiger partial charge in [0.05, 0.1) is 12.6 Å². The molecular weight excluding hydrogens is 322 g/mol. The predicted molar refractivity (Wildman–Crippen MR) is 94.1 cm³/mol. The summed E-state index contributed by atoms with van der Waals surface area (Å²) in [5.41, 5.74) is 7.32. The third kappa shape index (κ3) is 4.99. The summed E-state index contributed by atoms with van der Waals surface area (Å²) in [6, 6.07) is 5.65. The quantitative estimate of drug-likeness (QED) is 0.499. The number of nitrogens with zero attached hydrogens (tertiary/aromatic N) is 3. The molecule has 3 N–H and O–H groups in total. The molecule has 2 aromatic rings. The minimum absolute atomic E-state index is 0.144. The first-order chi connectivity index (χ1) is 12.2. The maximum Gasteiger partial charge on any atom is 0.327 e. The molecule has 0 bridgehead atoms. The van der Waals surface area contributed by atoms with E-state index in [-0.39, 0.29) is 18.6 Å². The van der Waals surface area contributed by atoms with E-state index in [1.54, 1.807) is 18.2 Å². The number of nitrogens with two attached hydrogens (primary N) is 1. The molecule has 0 unspecified atom stereocenters. The number of amidine groups is 1. The van der Waals surface area contributed by atoms with Crippen molar-refractivity contribution >= 4 is 28.7 Å². The van der Waals surface area contributed by atoms with E-state index >= 15 is 0 Å². The van der Waals surface area contributed by atoms with E-state index in [1.807, 2.05) is 0 Å². The van der Waals surface area contributed by atoms with E-state index in [1.165, 1.54) is 19.3 Å². The van der Waals surface area contributed by atoms with Gasteiger partial charge in [-0.15, -0.1) is 0 Å². The summed E-state index contributed by atoms with van der Waals surface area (Å²) in [4.78, 5) is 16.3. The Labute approximate surface area is 145 Å². The first-order valence-electron chi connectivity index (χ1n) is 8.72. The summed E-state index contributed by atoms with van der Waals surface area (Å²) in [6.45, 7) is -0.197. The molecular formula is C17H23N5O3. The Balaban J connectivity index is 1.77. The van der Waals surface area contributed by atoms with E-state index in [9.17, 15) is 4.79 Å². The number of hydrogen-bond acceptors (Lipinski definition) is 7. The SMILES string of the molecule is NCC(=O)OC(=NC1CCCCCCC1)Nc1ccc2nonc2c1. The number of carbonyl (C=O) groups is 1. The fourth-order valence-electron chi connectivity index (χ4n) is 2.95. The van der Waals surface area contributed by atoms with Crippen molar-refractivity contribution < 1.29 is 14.2 Å². The number of anilines is 1. The third-order valence-corrected chi connectivity index (χ3v) is 4.26. The lowest BCUT2D eigenvalue weighted by Gasteiger charge is -2.18. The summed E-state index contributed by atoms with van der Waals surface area (Å²) < 4.78 is 9.98. The van der Waals surface area contributed by atoms with Crippen LogP contribution in [0.1, 0.15) is 44.9 Å². The Morgan fingerprint density at radius 3 is 2.68 bits per heavy atom. The van der Waals surface area contributed by atoms with E-state index in [0.29, 0.717) is 16.7 Å². The van der Waals surface area contributed by atoms with Gasteiger partial charge >= 0.3 is 5.97 Å².